The molecule has 1 aliphatic heterocycles. The summed E-state index contributed by atoms with van der Waals surface area (Å²) in [6, 6.07) is 18.9. The molecule has 35 heavy (non-hydrogen) atoms. The molecule has 5 nitrogen and oxygen atoms in total. The molecular weight excluding hydrogens is 450 g/mol. The number of likely N-dealkylation sites (tertiary alicyclic amines) is 1. The van der Waals surface area contributed by atoms with E-state index in [9.17, 15) is 18.7 Å². The van der Waals surface area contributed by atoms with Gasteiger partial charge in [0.25, 0.3) is 0 Å². The second-order valence-electron chi connectivity index (χ2n) is 8.98. The first-order valence-corrected chi connectivity index (χ1v) is 11.7. The molecule has 0 aliphatic carbocycles. The second-order valence-corrected chi connectivity index (χ2v) is 8.98. The smallest absolute Gasteiger partial charge is 0.234 e. The highest BCUT2D eigenvalue weighted by Crippen LogP contribution is 2.32. The van der Waals surface area contributed by atoms with E-state index in [0.29, 0.717) is 36.4 Å². The van der Waals surface area contributed by atoms with E-state index in [1.165, 1.54) is 24.3 Å². The molecule has 0 saturated carbocycles. The number of aliphatic hydroxyl groups is 1. The first-order valence-electron chi connectivity index (χ1n) is 11.7. The van der Waals surface area contributed by atoms with Crippen LogP contribution in [0.15, 0.2) is 72.8 Å². The highest BCUT2D eigenvalue weighted by Gasteiger charge is 2.33. The zero-order chi connectivity index (χ0) is 24.9. The quantitative estimate of drug-likeness (QED) is 0.520. The maximum Gasteiger partial charge on any atom is 0.234 e. The van der Waals surface area contributed by atoms with Crippen molar-refractivity contribution in [3.05, 3.63) is 101 Å². The zero-order valence-electron chi connectivity index (χ0n) is 19.9. The normalized spacial score (nSPS) is 16.9. The molecular formula is C28H30F2N2O3. The highest BCUT2D eigenvalue weighted by atomic mass is 19.1. The summed E-state index contributed by atoms with van der Waals surface area (Å²) in [5, 5.41) is 10.0. The van der Waals surface area contributed by atoms with Crippen LogP contribution in [-0.2, 0) is 4.79 Å². The Hall–Kier alpha value is -3.29. The van der Waals surface area contributed by atoms with Gasteiger partial charge in [-0.15, -0.1) is 0 Å². The molecule has 0 spiro atoms. The lowest BCUT2D eigenvalue weighted by Crippen LogP contribution is -2.41. The van der Waals surface area contributed by atoms with E-state index >= 15 is 0 Å². The van der Waals surface area contributed by atoms with Crippen LogP contribution in [0.2, 0.25) is 0 Å². The van der Waals surface area contributed by atoms with Gasteiger partial charge in [-0.3, -0.25) is 9.69 Å². The molecule has 0 unspecified atom stereocenters. The Morgan fingerprint density at radius 2 is 1.49 bits per heavy atom. The predicted octanol–water partition coefficient (Wildman–Crippen LogP) is 4.37. The van der Waals surface area contributed by atoms with E-state index in [0.717, 1.165) is 12.1 Å². The molecule has 0 bridgehead atoms. The van der Waals surface area contributed by atoms with Gasteiger partial charge in [0.15, 0.2) is 0 Å². The van der Waals surface area contributed by atoms with E-state index in [1.807, 2.05) is 24.3 Å². The molecule has 1 fully saturated rings. The molecule has 3 aromatic carbocycles. The summed E-state index contributed by atoms with van der Waals surface area (Å²) in [6.45, 7) is 1.84. The minimum absolute atomic E-state index is 0.191. The van der Waals surface area contributed by atoms with Crippen LogP contribution in [0.3, 0.4) is 0 Å². The predicted molar refractivity (Wildman–Crippen MR) is 130 cm³/mol. The topological polar surface area (TPSA) is 53.0 Å². The van der Waals surface area contributed by atoms with Crippen molar-refractivity contribution in [3.63, 3.8) is 0 Å². The third-order valence-corrected chi connectivity index (χ3v) is 6.65. The Balaban J connectivity index is 1.69. The standard InChI is InChI=1S/C28H30F2N2O3/c1-31(26(18-32-16-15-24(33)17-32)19-7-13-25(35-2)14-8-19)28(34)27(20-3-9-22(29)10-4-20)21-5-11-23(30)12-6-21/h3-14,24,26-27,33H,15-18H2,1-2H3/t24-,26+/m0/s1. The molecule has 4 rings (SSSR count). The molecule has 184 valence electrons. The van der Waals surface area contributed by atoms with Gasteiger partial charge in [-0.05, 0) is 59.5 Å². The summed E-state index contributed by atoms with van der Waals surface area (Å²) in [5.74, 6) is -0.990. The monoisotopic (exact) mass is 480 g/mol. The van der Waals surface area contributed by atoms with Crippen LogP contribution in [0.4, 0.5) is 8.78 Å². The van der Waals surface area contributed by atoms with Crippen LogP contribution in [0, 0.1) is 11.6 Å². The van der Waals surface area contributed by atoms with Crippen LogP contribution in [-0.4, -0.2) is 60.7 Å². The fourth-order valence-electron chi connectivity index (χ4n) is 4.65. The van der Waals surface area contributed by atoms with E-state index < -0.39 is 17.6 Å². The molecule has 1 aliphatic rings. The number of benzene rings is 3. The molecule has 1 amide bonds. The lowest BCUT2D eigenvalue weighted by molar-refractivity contribution is -0.133. The van der Waals surface area contributed by atoms with Crippen molar-refractivity contribution in [3.8, 4) is 5.75 Å². The number of carbonyl (C=O) groups is 1. The molecule has 0 aromatic heterocycles. The fraction of sp³-hybridized carbons (Fsp3) is 0.321. The van der Waals surface area contributed by atoms with Crippen molar-refractivity contribution >= 4 is 5.91 Å². The van der Waals surface area contributed by atoms with E-state index in [-0.39, 0.29) is 18.1 Å². The Bertz CT molecular complexity index is 1070. The van der Waals surface area contributed by atoms with Crippen molar-refractivity contribution in [1.29, 1.82) is 0 Å². The van der Waals surface area contributed by atoms with Crippen LogP contribution in [0.25, 0.3) is 0 Å². The van der Waals surface area contributed by atoms with Gasteiger partial charge in [0.2, 0.25) is 5.91 Å². The third kappa shape index (κ3) is 5.86. The highest BCUT2D eigenvalue weighted by molar-refractivity contribution is 5.87. The first kappa shape index (κ1) is 24.8. The minimum Gasteiger partial charge on any atom is -0.497 e. The minimum atomic E-state index is -0.730. The lowest BCUT2D eigenvalue weighted by Gasteiger charge is -2.34. The van der Waals surface area contributed by atoms with Gasteiger partial charge in [0.05, 0.1) is 25.2 Å². The van der Waals surface area contributed by atoms with Gasteiger partial charge in [-0.2, -0.15) is 0 Å². The maximum atomic E-state index is 14.0. The first-order chi connectivity index (χ1) is 16.9. The molecule has 0 radical (unpaired) electrons. The summed E-state index contributed by atoms with van der Waals surface area (Å²) in [4.78, 5) is 17.9. The zero-order valence-corrected chi connectivity index (χ0v) is 19.9. The molecule has 1 heterocycles. The fourth-order valence-corrected chi connectivity index (χ4v) is 4.65. The largest absolute Gasteiger partial charge is 0.497 e. The number of aliphatic hydroxyl groups excluding tert-OH is 1. The summed E-state index contributed by atoms with van der Waals surface area (Å²) in [7, 11) is 3.35. The van der Waals surface area contributed by atoms with Crippen LogP contribution in [0.5, 0.6) is 5.75 Å². The Kier molecular flexibility index (Phi) is 7.78. The van der Waals surface area contributed by atoms with Gasteiger partial charge >= 0.3 is 0 Å². The number of ether oxygens (including phenoxy) is 1. The van der Waals surface area contributed by atoms with Crippen molar-refractivity contribution < 1.29 is 23.4 Å². The Labute approximate surface area is 204 Å². The van der Waals surface area contributed by atoms with Gasteiger partial charge in [0.1, 0.15) is 17.4 Å². The number of likely N-dealkylation sites (N-methyl/N-ethyl adjacent to an activating group) is 1. The maximum absolute atomic E-state index is 14.0. The van der Waals surface area contributed by atoms with Crippen molar-refractivity contribution in [1.82, 2.24) is 9.80 Å². The van der Waals surface area contributed by atoms with Gasteiger partial charge in [0, 0.05) is 26.7 Å². The van der Waals surface area contributed by atoms with Crippen LogP contribution < -0.4 is 4.74 Å². The van der Waals surface area contributed by atoms with Crippen molar-refractivity contribution in [2.45, 2.75) is 24.5 Å². The molecule has 3 aromatic rings. The number of methoxy groups -OCH3 is 1. The Morgan fingerprint density at radius 1 is 0.971 bits per heavy atom. The number of β-amino-alcohol motifs (C(OH)–C–C–N with tert-alkyl or cyclic N) is 1. The summed E-state index contributed by atoms with van der Waals surface area (Å²) >= 11 is 0. The third-order valence-electron chi connectivity index (χ3n) is 6.65. The van der Waals surface area contributed by atoms with E-state index in [2.05, 4.69) is 4.90 Å². The molecule has 7 heteroatoms. The van der Waals surface area contributed by atoms with Crippen molar-refractivity contribution in [2.24, 2.45) is 0 Å². The number of halogens is 2. The summed E-state index contributed by atoms with van der Waals surface area (Å²) in [5.41, 5.74) is 2.18. The number of hydrogen-bond donors (Lipinski definition) is 1. The van der Waals surface area contributed by atoms with Gasteiger partial charge < -0.3 is 14.7 Å². The second kappa shape index (κ2) is 11.0. The van der Waals surface area contributed by atoms with Crippen molar-refractivity contribution in [2.75, 3.05) is 33.8 Å². The molecule has 1 N–H and O–H groups in total. The molecule has 1 saturated heterocycles. The molecule has 2 atom stereocenters. The summed E-state index contributed by atoms with van der Waals surface area (Å²) in [6.07, 6.45) is 0.319. The summed E-state index contributed by atoms with van der Waals surface area (Å²) < 4.78 is 32.6. The average Bonchev–Trinajstić information content (AvgIpc) is 3.29. The number of rotatable bonds is 8. The van der Waals surface area contributed by atoms with Crippen LogP contribution >= 0.6 is 0 Å². The van der Waals surface area contributed by atoms with E-state index in [4.69, 9.17) is 4.74 Å². The van der Waals surface area contributed by atoms with E-state index in [1.54, 1.807) is 43.3 Å². The SMILES string of the molecule is COc1ccc([C@@H](CN2CC[C@H](O)C2)N(C)C(=O)C(c2ccc(F)cc2)c2ccc(F)cc2)cc1. The number of hydrogen-bond acceptors (Lipinski definition) is 4. The van der Waals surface area contributed by atoms with Gasteiger partial charge in [-0.25, -0.2) is 8.78 Å². The Morgan fingerprint density at radius 3 is 1.94 bits per heavy atom. The van der Waals surface area contributed by atoms with Crippen LogP contribution in [0.1, 0.15) is 35.1 Å². The average molecular weight is 481 g/mol. The number of amides is 1. The van der Waals surface area contributed by atoms with Gasteiger partial charge in [-0.1, -0.05) is 36.4 Å². The lowest BCUT2D eigenvalue weighted by atomic mass is 9.89. The number of nitrogens with zero attached hydrogens (tertiary/aromatic N) is 2. The number of carbonyl (C=O) groups excluding carboxylic acids is 1.